The van der Waals surface area contributed by atoms with Gasteiger partial charge in [0, 0.05) is 11.1 Å². The number of ether oxygens (including phenoxy) is 1. The number of nitrogens with zero attached hydrogens (tertiary/aromatic N) is 3. The SMILES string of the molecule is COc1ccccc1N(Cc1ccc(-c2nnc(C(F)F)o2)cc1F)S(C)(=O)=O. The van der Waals surface area contributed by atoms with Crippen LogP contribution in [0, 0.1) is 5.82 Å². The second kappa shape index (κ2) is 8.11. The van der Waals surface area contributed by atoms with Crippen LogP contribution < -0.4 is 9.04 Å². The van der Waals surface area contributed by atoms with Gasteiger partial charge in [-0.15, -0.1) is 10.2 Å². The predicted octanol–water partition coefficient (Wildman–Crippen LogP) is 3.79. The number of alkyl halides is 2. The average molecular weight is 427 g/mol. The van der Waals surface area contributed by atoms with Crippen LogP contribution in [0.4, 0.5) is 18.9 Å². The lowest BCUT2D eigenvalue weighted by Crippen LogP contribution is -2.30. The Bertz CT molecular complexity index is 1120. The molecule has 1 aromatic heterocycles. The lowest BCUT2D eigenvalue weighted by atomic mass is 10.1. The van der Waals surface area contributed by atoms with Crippen molar-refractivity contribution in [2.75, 3.05) is 17.7 Å². The number of halogens is 3. The summed E-state index contributed by atoms with van der Waals surface area (Å²) in [6.45, 7) is -0.308. The maximum Gasteiger partial charge on any atom is 0.314 e. The number of methoxy groups -OCH3 is 1. The van der Waals surface area contributed by atoms with E-state index in [2.05, 4.69) is 10.2 Å². The van der Waals surface area contributed by atoms with Crippen molar-refractivity contribution in [1.82, 2.24) is 10.2 Å². The fourth-order valence-corrected chi connectivity index (χ4v) is 3.50. The van der Waals surface area contributed by atoms with Gasteiger partial charge >= 0.3 is 6.43 Å². The number of aromatic nitrogens is 2. The molecule has 0 radical (unpaired) electrons. The zero-order valence-electron chi connectivity index (χ0n) is 15.3. The van der Waals surface area contributed by atoms with Crippen molar-refractivity contribution in [3.8, 4) is 17.2 Å². The van der Waals surface area contributed by atoms with Crippen molar-refractivity contribution in [3.63, 3.8) is 0 Å². The van der Waals surface area contributed by atoms with Gasteiger partial charge in [0.15, 0.2) is 0 Å². The molecule has 0 fully saturated rings. The van der Waals surface area contributed by atoms with Gasteiger partial charge in [0.25, 0.3) is 5.89 Å². The molecule has 3 rings (SSSR count). The third kappa shape index (κ3) is 4.50. The molecule has 0 spiro atoms. The number of hydrogen-bond acceptors (Lipinski definition) is 6. The fraction of sp³-hybridized carbons (Fsp3) is 0.222. The third-order valence-corrected chi connectivity index (χ3v) is 5.12. The summed E-state index contributed by atoms with van der Waals surface area (Å²) in [5.74, 6) is -1.59. The van der Waals surface area contributed by atoms with Crippen LogP contribution >= 0.6 is 0 Å². The molecular weight excluding hydrogens is 411 g/mol. The van der Waals surface area contributed by atoms with E-state index in [1.165, 1.54) is 25.3 Å². The largest absolute Gasteiger partial charge is 0.495 e. The first-order valence-electron chi connectivity index (χ1n) is 8.21. The second-order valence-electron chi connectivity index (χ2n) is 5.99. The molecule has 29 heavy (non-hydrogen) atoms. The Labute approximate surface area is 164 Å². The molecule has 0 unspecified atom stereocenters. The Kier molecular flexibility index (Phi) is 5.78. The zero-order valence-corrected chi connectivity index (χ0v) is 16.2. The second-order valence-corrected chi connectivity index (χ2v) is 7.90. The van der Waals surface area contributed by atoms with Gasteiger partial charge in [-0.05, 0) is 24.3 Å². The van der Waals surface area contributed by atoms with Crippen molar-refractivity contribution in [1.29, 1.82) is 0 Å². The molecule has 0 amide bonds. The van der Waals surface area contributed by atoms with Crippen molar-refractivity contribution in [2.24, 2.45) is 0 Å². The van der Waals surface area contributed by atoms with Crippen LogP contribution in [0.15, 0.2) is 46.9 Å². The van der Waals surface area contributed by atoms with E-state index in [9.17, 15) is 21.6 Å². The Morgan fingerprint density at radius 2 is 1.90 bits per heavy atom. The minimum atomic E-state index is -3.77. The topological polar surface area (TPSA) is 85.5 Å². The molecule has 0 aliphatic rings. The summed E-state index contributed by atoms with van der Waals surface area (Å²) in [6, 6.07) is 10.1. The highest BCUT2D eigenvalue weighted by molar-refractivity contribution is 7.92. The van der Waals surface area contributed by atoms with E-state index in [0.717, 1.165) is 16.6 Å². The molecule has 0 N–H and O–H groups in total. The van der Waals surface area contributed by atoms with Gasteiger partial charge in [-0.3, -0.25) is 4.31 Å². The first kappa shape index (κ1) is 20.6. The lowest BCUT2D eigenvalue weighted by molar-refractivity contribution is 0.116. The molecule has 2 aromatic carbocycles. The van der Waals surface area contributed by atoms with Crippen molar-refractivity contribution < 1.29 is 30.7 Å². The van der Waals surface area contributed by atoms with Crippen LogP contribution in [0.3, 0.4) is 0 Å². The number of benzene rings is 2. The van der Waals surface area contributed by atoms with Crippen LogP contribution in [0.5, 0.6) is 5.75 Å². The molecule has 0 aliphatic heterocycles. The standard InChI is InChI=1S/C18H16F3N3O4S/c1-27-15-6-4-3-5-14(15)24(29(2,25)26)10-12-8-7-11(9-13(12)19)17-22-23-18(28-17)16(20)21/h3-9,16H,10H2,1-2H3. The molecule has 0 saturated heterocycles. The lowest BCUT2D eigenvalue weighted by Gasteiger charge is -2.24. The Balaban J connectivity index is 1.94. The van der Waals surface area contributed by atoms with Crippen molar-refractivity contribution in [2.45, 2.75) is 13.0 Å². The van der Waals surface area contributed by atoms with E-state index in [0.29, 0.717) is 5.75 Å². The van der Waals surface area contributed by atoms with Crippen LogP contribution in [0.25, 0.3) is 11.5 Å². The van der Waals surface area contributed by atoms with Crippen LogP contribution in [-0.2, 0) is 16.6 Å². The maximum atomic E-state index is 14.7. The molecule has 1 heterocycles. The molecule has 0 bridgehead atoms. The maximum absolute atomic E-state index is 14.7. The zero-order chi connectivity index (χ0) is 21.2. The first-order valence-corrected chi connectivity index (χ1v) is 10.1. The molecule has 154 valence electrons. The van der Waals surface area contributed by atoms with Gasteiger partial charge in [-0.25, -0.2) is 12.8 Å². The van der Waals surface area contributed by atoms with E-state index in [4.69, 9.17) is 9.15 Å². The number of para-hydroxylation sites is 2. The highest BCUT2D eigenvalue weighted by Gasteiger charge is 2.23. The normalized spacial score (nSPS) is 11.7. The summed E-state index contributed by atoms with van der Waals surface area (Å²) in [6.07, 6.45) is -1.94. The van der Waals surface area contributed by atoms with E-state index < -0.39 is 28.2 Å². The molecular formula is C18H16F3N3O4S. The Morgan fingerprint density at radius 3 is 2.48 bits per heavy atom. The fourth-order valence-electron chi connectivity index (χ4n) is 2.62. The summed E-state index contributed by atoms with van der Waals surface area (Å²) in [5, 5.41) is 6.66. The molecule has 0 aliphatic carbocycles. The summed E-state index contributed by atoms with van der Waals surface area (Å²) in [5.41, 5.74) is 0.395. The van der Waals surface area contributed by atoms with Gasteiger partial charge in [0.1, 0.15) is 11.6 Å². The van der Waals surface area contributed by atoms with Crippen molar-refractivity contribution in [3.05, 3.63) is 59.7 Å². The van der Waals surface area contributed by atoms with E-state index >= 15 is 0 Å². The minimum Gasteiger partial charge on any atom is -0.495 e. The quantitative estimate of drug-likeness (QED) is 0.570. The van der Waals surface area contributed by atoms with Gasteiger partial charge < -0.3 is 9.15 Å². The molecule has 0 atom stereocenters. The van der Waals surface area contributed by atoms with E-state index in [1.807, 2.05) is 0 Å². The van der Waals surface area contributed by atoms with Crippen LogP contribution in [0.2, 0.25) is 0 Å². The predicted molar refractivity (Wildman–Crippen MR) is 98.7 cm³/mol. The highest BCUT2D eigenvalue weighted by Crippen LogP contribution is 2.32. The smallest absolute Gasteiger partial charge is 0.314 e. The van der Waals surface area contributed by atoms with E-state index in [-0.39, 0.29) is 29.2 Å². The van der Waals surface area contributed by atoms with Crippen LogP contribution in [-0.4, -0.2) is 32.0 Å². The Hall–Kier alpha value is -3.08. The summed E-state index contributed by atoms with van der Waals surface area (Å²) < 4.78 is 75.4. The van der Waals surface area contributed by atoms with Gasteiger partial charge in [0.05, 0.1) is 25.6 Å². The van der Waals surface area contributed by atoms with Crippen LogP contribution in [0.1, 0.15) is 17.9 Å². The summed E-state index contributed by atoms with van der Waals surface area (Å²) >= 11 is 0. The first-order chi connectivity index (χ1) is 13.7. The summed E-state index contributed by atoms with van der Waals surface area (Å²) in [7, 11) is -2.38. The number of anilines is 1. The van der Waals surface area contributed by atoms with Gasteiger partial charge in [-0.1, -0.05) is 18.2 Å². The molecule has 11 heteroatoms. The van der Waals surface area contributed by atoms with E-state index in [1.54, 1.807) is 18.2 Å². The van der Waals surface area contributed by atoms with Gasteiger partial charge in [0.2, 0.25) is 15.9 Å². The number of hydrogen-bond donors (Lipinski definition) is 0. The Morgan fingerprint density at radius 1 is 1.17 bits per heavy atom. The monoisotopic (exact) mass is 427 g/mol. The molecule has 0 saturated carbocycles. The average Bonchev–Trinajstić information content (AvgIpc) is 3.16. The number of rotatable bonds is 7. The molecule has 3 aromatic rings. The molecule has 7 nitrogen and oxygen atoms in total. The summed E-state index contributed by atoms with van der Waals surface area (Å²) in [4.78, 5) is 0. The van der Waals surface area contributed by atoms with Crippen molar-refractivity contribution >= 4 is 15.7 Å². The van der Waals surface area contributed by atoms with Gasteiger partial charge in [-0.2, -0.15) is 8.78 Å². The minimum absolute atomic E-state index is 0.0543. The number of sulfonamides is 1. The highest BCUT2D eigenvalue weighted by atomic mass is 32.2. The third-order valence-electron chi connectivity index (χ3n) is 4.00.